The largest absolute Gasteiger partial charge is 0.636 e. The number of aromatic amines is 1. The van der Waals surface area contributed by atoms with Crippen LogP contribution in [0.4, 0.5) is 0 Å². The second-order valence-electron chi connectivity index (χ2n) is 3.80. The lowest BCUT2D eigenvalue weighted by atomic mass is 10.1. The number of rotatable bonds is 3. The minimum Gasteiger partial charge on any atom is -0.636 e. The van der Waals surface area contributed by atoms with E-state index in [0.29, 0.717) is 5.48 Å². The van der Waals surface area contributed by atoms with Crippen LogP contribution in [-0.2, 0) is 6.42 Å². The van der Waals surface area contributed by atoms with Gasteiger partial charge in [0.15, 0.2) is 17.4 Å². The van der Waals surface area contributed by atoms with Crippen LogP contribution in [0.5, 0.6) is 28.9 Å². The number of aromatic hydroxyl groups is 5. The summed E-state index contributed by atoms with van der Waals surface area (Å²) in [4.78, 5) is 2.37. The van der Waals surface area contributed by atoms with Crippen LogP contribution in [0.2, 0.25) is 0 Å². The topological polar surface area (TPSA) is 157 Å². The molecule has 0 radical (unpaired) electrons. The molecule has 0 bridgehead atoms. The summed E-state index contributed by atoms with van der Waals surface area (Å²) in [6, 6.07) is 0. The van der Waals surface area contributed by atoms with E-state index in [2.05, 4.69) is 4.98 Å². The van der Waals surface area contributed by atoms with Crippen LogP contribution < -0.4 is 5.48 Å². The summed E-state index contributed by atoms with van der Waals surface area (Å²) in [5.74, 6) is -3.47. The Hall–Kier alpha value is -2.32. The molecule has 8 nitrogen and oxygen atoms in total. The Morgan fingerprint density at radius 3 is 2.17 bits per heavy atom. The molecule has 1 aromatic heterocycles. The predicted octanol–water partition coefficient (Wildman–Crippen LogP) is -0.700. The number of phenols is 4. The van der Waals surface area contributed by atoms with Crippen LogP contribution in [-0.4, -0.2) is 37.1 Å². The maximum atomic E-state index is 10.3. The van der Waals surface area contributed by atoms with Crippen molar-refractivity contribution in [1.82, 2.24) is 4.98 Å². The number of H-pyrrole nitrogens is 1. The fourth-order valence-electron chi connectivity index (χ4n) is 1.87. The Kier molecular flexibility index (Phi) is 2.81. The van der Waals surface area contributed by atoms with Gasteiger partial charge in [0, 0.05) is 12.0 Å². The number of benzene rings is 1. The summed E-state index contributed by atoms with van der Waals surface area (Å²) in [6.07, 6.45) is 0.118. The zero-order valence-electron chi connectivity index (χ0n) is 9.14. The molecule has 8 N–H and O–H groups in total. The molecule has 0 aliphatic rings. The van der Waals surface area contributed by atoms with Crippen molar-refractivity contribution in [2.24, 2.45) is 0 Å². The van der Waals surface area contributed by atoms with E-state index in [4.69, 9.17) is 0 Å². The molecule has 98 valence electrons. The second-order valence-corrected chi connectivity index (χ2v) is 3.80. The Balaban J connectivity index is 2.77. The van der Waals surface area contributed by atoms with Crippen molar-refractivity contribution in [2.45, 2.75) is 6.42 Å². The molecule has 0 unspecified atom stereocenters. The van der Waals surface area contributed by atoms with Crippen molar-refractivity contribution in [3.63, 3.8) is 0 Å². The van der Waals surface area contributed by atoms with Crippen molar-refractivity contribution < 1.29 is 31.0 Å². The molecule has 8 heteroatoms. The van der Waals surface area contributed by atoms with Crippen molar-refractivity contribution in [3.8, 4) is 28.9 Å². The summed E-state index contributed by atoms with van der Waals surface area (Å²) in [7, 11) is 0. The van der Waals surface area contributed by atoms with Gasteiger partial charge >= 0.3 is 0 Å². The lowest BCUT2D eigenvalue weighted by Crippen LogP contribution is -2.77. The number of hydrogen-bond acceptors (Lipinski definition) is 6. The first-order valence-electron chi connectivity index (χ1n) is 5.12. The number of hydroxylamine groups is 1. The fourth-order valence-corrected chi connectivity index (χ4v) is 1.87. The standard InChI is InChI=1S/C10H12N2O6/c13-6-4-3(1-2-11-18)10(17)12-5(4)7(14)9(16)8(6)15/h12-17H,1-2,11H2. The number of aromatic nitrogens is 1. The van der Waals surface area contributed by atoms with Crippen LogP contribution in [0.25, 0.3) is 10.9 Å². The van der Waals surface area contributed by atoms with E-state index in [1.165, 1.54) is 0 Å². The highest BCUT2D eigenvalue weighted by Crippen LogP contribution is 2.50. The molecule has 0 saturated heterocycles. The molecule has 2 rings (SSSR count). The lowest BCUT2D eigenvalue weighted by Gasteiger charge is -2.07. The minimum absolute atomic E-state index is 0.0258. The highest BCUT2D eigenvalue weighted by atomic mass is 16.5. The highest BCUT2D eigenvalue weighted by Gasteiger charge is 2.24. The van der Waals surface area contributed by atoms with E-state index in [1.807, 2.05) is 0 Å². The maximum Gasteiger partial charge on any atom is 0.206 e. The van der Waals surface area contributed by atoms with E-state index in [1.54, 1.807) is 0 Å². The SMILES string of the molecule is [O-][NH2+]CCc1c(O)[nH]c2c(O)c(O)c(O)c(O)c12. The maximum absolute atomic E-state index is 10.3. The van der Waals surface area contributed by atoms with Crippen molar-refractivity contribution in [3.05, 3.63) is 10.8 Å². The van der Waals surface area contributed by atoms with Gasteiger partial charge in [-0.15, -0.1) is 0 Å². The van der Waals surface area contributed by atoms with Crippen molar-refractivity contribution in [2.75, 3.05) is 6.54 Å². The summed E-state index contributed by atoms with van der Waals surface area (Å²) in [5, 5.41) is 58.0. The predicted molar refractivity (Wildman–Crippen MR) is 60.5 cm³/mol. The first-order valence-corrected chi connectivity index (χ1v) is 5.12. The summed E-state index contributed by atoms with van der Waals surface area (Å²) in [6.45, 7) is 0.0996. The third-order valence-electron chi connectivity index (χ3n) is 2.74. The fraction of sp³-hybridized carbons (Fsp3) is 0.200. The van der Waals surface area contributed by atoms with Gasteiger partial charge in [-0.25, -0.2) is 0 Å². The van der Waals surface area contributed by atoms with E-state index in [9.17, 15) is 30.7 Å². The molecule has 0 spiro atoms. The van der Waals surface area contributed by atoms with Crippen LogP contribution in [0.1, 0.15) is 5.56 Å². The Morgan fingerprint density at radius 1 is 0.944 bits per heavy atom. The van der Waals surface area contributed by atoms with Gasteiger partial charge in [-0.2, -0.15) is 0 Å². The Bertz CT molecular complexity index is 606. The lowest BCUT2D eigenvalue weighted by molar-refractivity contribution is -0.588. The summed E-state index contributed by atoms with van der Waals surface area (Å²) < 4.78 is 0. The van der Waals surface area contributed by atoms with Gasteiger partial charge in [0.1, 0.15) is 0 Å². The molecule has 2 aromatic rings. The van der Waals surface area contributed by atoms with Gasteiger partial charge in [0.2, 0.25) is 11.5 Å². The number of nitrogens with two attached hydrogens (primary N) is 1. The van der Waals surface area contributed by atoms with Crippen LogP contribution in [0.3, 0.4) is 0 Å². The number of quaternary nitrogens is 1. The molecule has 0 aliphatic carbocycles. The van der Waals surface area contributed by atoms with Crippen LogP contribution >= 0.6 is 0 Å². The van der Waals surface area contributed by atoms with E-state index < -0.39 is 23.0 Å². The van der Waals surface area contributed by atoms with Crippen LogP contribution in [0, 0.1) is 5.21 Å². The number of hydrogen-bond donors (Lipinski definition) is 7. The number of phenolic OH excluding ortho intramolecular Hbond substituents is 4. The zero-order valence-corrected chi connectivity index (χ0v) is 9.14. The number of fused-ring (bicyclic) bond motifs is 1. The van der Waals surface area contributed by atoms with E-state index >= 15 is 0 Å². The smallest absolute Gasteiger partial charge is 0.206 e. The molecule has 0 atom stereocenters. The summed E-state index contributed by atoms with van der Waals surface area (Å²) >= 11 is 0. The molecule has 0 aliphatic heterocycles. The van der Waals surface area contributed by atoms with Crippen molar-refractivity contribution >= 4 is 10.9 Å². The molecule has 1 aromatic carbocycles. The van der Waals surface area contributed by atoms with Gasteiger partial charge in [0.25, 0.3) is 0 Å². The number of nitrogens with one attached hydrogen (secondary N) is 1. The van der Waals surface area contributed by atoms with Gasteiger partial charge in [-0.1, -0.05) is 0 Å². The molecule has 0 fully saturated rings. The highest BCUT2D eigenvalue weighted by molar-refractivity contribution is 5.99. The Morgan fingerprint density at radius 2 is 1.56 bits per heavy atom. The van der Waals surface area contributed by atoms with Gasteiger partial charge < -0.3 is 41.2 Å². The molecular weight excluding hydrogens is 244 g/mol. The normalized spacial score (nSPS) is 11.2. The summed E-state index contributed by atoms with van der Waals surface area (Å²) in [5.41, 5.74) is 0.705. The third-order valence-corrected chi connectivity index (χ3v) is 2.74. The zero-order chi connectivity index (χ0) is 13.4. The molecule has 1 heterocycles. The van der Waals surface area contributed by atoms with E-state index in [0.717, 1.165) is 0 Å². The van der Waals surface area contributed by atoms with Crippen LogP contribution in [0.15, 0.2) is 0 Å². The van der Waals surface area contributed by atoms with E-state index in [-0.39, 0.29) is 35.3 Å². The van der Waals surface area contributed by atoms with Gasteiger partial charge in [0.05, 0.1) is 17.4 Å². The molecular formula is C10H12N2O6. The average Bonchev–Trinajstić information content (AvgIpc) is 2.68. The van der Waals surface area contributed by atoms with Crippen molar-refractivity contribution in [1.29, 1.82) is 0 Å². The average molecular weight is 256 g/mol. The monoisotopic (exact) mass is 256 g/mol. The first kappa shape index (κ1) is 12.1. The van der Waals surface area contributed by atoms with Gasteiger partial charge in [-0.05, 0) is 0 Å². The molecule has 0 amide bonds. The molecule has 18 heavy (non-hydrogen) atoms. The third kappa shape index (κ3) is 1.55. The molecule has 0 saturated carbocycles. The Labute approximate surface area is 100 Å². The first-order chi connectivity index (χ1) is 8.49. The van der Waals surface area contributed by atoms with Gasteiger partial charge in [-0.3, -0.25) is 0 Å². The second kappa shape index (κ2) is 4.17. The minimum atomic E-state index is -0.886. The quantitative estimate of drug-likeness (QED) is 0.218.